The second-order valence-electron chi connectivity index (χ2n) is 5.73. The van der Waals surface area contributed by atoms with E-state index < -0.39 is 0 Å². The van der Waals surface area contributed by atoms with Gasteiger partial charge in [0.1, 0.15) is 0 Å². The van der Waals surface area contributed by atoms with Gasteiger partial charge in [-0.1, -0.05) is 38.1 Å². The molecule has 0 N–H and O–H groups in total. The van der Waals surface area contributed by atoms with Crippen LogP contribution in [-0.2, 0) is 9.53 Å². The van der Waals surface area contributed by atoms with Gasteiger partial charge in [-0.2, -0.15) is 4.99 Å². The molecule has 0 atom stereocenters. The zero-order valence-electron chi connectivity index (χ0n) is 13.3. The summed E-state index contributed by atoms with van der Waals surface area (Å²) < 4.78 is 5.33. The molecule has 6 heteroatoms. The molecule has 2 aliphatic heterocycles. The molecular weight excluding hydrogens is 376 g/mol. The number of ether oxygens (including phenoxy) is 1. The average Bonchev–Trinajstić information content (AvgIpc) is 2.90. The fraction of sp³-hybridized carbons (Fsp3) is 0.412. The summed E-state index contributed by atoms with van der Waals surface area (Å²) in [7, 11) is 0. The van der Waals surface area contributed by atoms with Gasteiger partial charge < -0.3 is 9.64 Å². The molecule has 2 heterocycles. The third kappa shape index (κ3) is 4.46. The topological polar surface area (TPSA) is 41.9 Å². The predicted octanol–water partition coefficient (Wildman–Crippen LogP) is 3.69. The van der Waals surface area contributed by atoms with Gasteiger partial charge in [-0.3, -0.25) is 4.79 Å². The van der Waals surface area contributed by atoms with E-state index in [1.54, 1.807) is 0 Å². The van der Waals surface area contributed by atoms with Crippen molar-refractivity contribution in [2.45, 2.75) is 19.8 Å². The van der Waals surface area contributed by atoms with Crippen LogP contribution in [0.15, 0.2) is 34.2 Å². The number of nitrogens with zero attached hydrogens (tertiary/aromatic N) is 2. The molecule has 124 valence electrons. The molecule has 1 aromatic carbocycles. The van der Waals surface area contributed by atoms with Crippen molar-refractivity contribution in [2.75, 3.05) is 26.3 Å². The van der Waals surface area contributed by atoms with Crippen molar-refractivity contribution in [2.24, 2.45) is 4.99 Å². The first kappa shape index (κ1) is 18.2. The summed E-state index contributed by atoms with van der Waals surface area (Å²) in [5.41, 5.74) is 2.34. The molecule has 4 nitrogen and oxygen atoms in total. The van der Waals surface area contributed by atoms with E-state index in [1.165, 1.54) is 17.3 Å². The SMILES string of the molecule is Br.CC(C)c1ccc(C=C2SC(N3CCOCC3)=NC2=O)cc1. The molecule has 1 fully saturated rings. The van der Waals surface area contributed by atoms with Crippen LogP contribution in [-0.4, -0.2) is 42.3 Å². The van der Waals surface area contributed by atoms with Crippen LogP contribution in [0.25, 0.3) is 6.08 Å². The van der Waals surface area contributed by atoms with Crippen LogP contribution in [0.5, 0.6) is 0 Å². The van der Waals surface area contributed by atoms with E-state index in [2.05, 4.69) is 48.0 Å². The summed E-state index contributed by atoms with van der Waals surface area (Å²) in [5, 5.41) is 0.804. The average molecular weight is 397 g/mol. The molecule has 0 bridgehead atoms. The lowest BCUT2D eigenvalue weighted by Gasteiger charge is -2.27. The summed E-state index contributed by atoms with van der Waals surface area (Å²) in [6, 6.07) is 8.35. The fourth-order valence-corrected chi connectivity index (χ4v) is 3.38. The van der Waals surface area contributed by atoms with Crippen LogP contribution in [0.2, 0.25) is 0 Å². The first-order valence-electron chi connectivity index (χ1n) is 7.59. The highest BCUT2D eigenvalue weighted by Crippen LogP contribution is 2.30. The Hall–Kier alpha value is -1.11. The van der Waals surface area contributed by atoms with Crippen molar-refractivity contribution in [3.05, 3.63) is 40.3 Å². The molecule has 0 aromatic heterocycles. The predicted molar refractivity (Wildman–Crippen MR) is 101 cm³/mol. The molecular formula is C17H21BrN2O2S. The molecule has 1 amide bonds. The van der Waals surface area contributed by atoms with Gasteiger partial charge in [0, 0.05) is 13.1 Å². The van der Waals surface area contributed by atoms with Crippen LogP contribution in [0.4, 0.5) is 0 Å². The van der Waals surface area contributed by atoms with Crippen molar-refractivity contribution < 1.29 is 9.53 Å². The summed E-state index contributed by atoms with van der Waals surface area (Å²) >= 11 is 1.46. The fourth-order valence-electron chi connectivity index (χ4n) is 2.42. The molecule has 0 saturated carbocycles. The van der Waals surface area contributed by atoms with Crippen molar-refractivity contribution in [1.82, 2.24) is 4.90 Å². The second-order valence-corrected chi connectivity index (χ2v) is 6.74. The summed E-state index contributed by atoms with van der Waals surface area (Å²) in [4.78, 5) is 19.1. The highest BCUT2D eigenvalue weighted by Gasteiger charge is 2.26. The van der Waals surface area contributed by atoms with E-state index in [-0.39, 0.29) is 22.9 Å². The minimum Gasteiger partial charge on any atom is -0.378 e. The van der Waals surface area contributed by atoms with E-state index in [9.17, 15) is 4.79 Å². The molecule has 0 spiro atoms. The molecule has 23 heavy (non-hydrogen) atoms. The smallest absolute Gasteiger partial charge is 0.286 e. The van der Waals surface area contributed by atoms with E-state index >= 15 is 0 Å². The molecule has 0 radical (unpaired) electrons. The first-order chi connectivity index (χ1) is 10.6. The van der Waals surface area contributed by atoms with Gasteiger partial charge in [-0.05, 0) is 34.9 Å². The normalized spacial score (nSPS) is 20.0. The number of hydrogen-bond donors (Lipinski definition) is 0. The Morgan fingerprint density at radius 1 is 1.22 bits per heavy atom. The van der Waals surface area contributed by atoms with E-state index in [1.807, 2.05) is 6.08 Å². The van der Waals surface area contributed by atoms with E-state index in [4.69, 9.17) is 4.74 Å². The number of amides is 1. The second kappa shape index (κ2) is 8.13. The van der Waals surface area contributed by atoms with Crippen molar-refractivity contribution in [1.29, 1.82) is 0 Å². The van der Waals surface area contributed by atoms with Crippen molar-refractivity contribution >= 4 is 45.9 Å². The van der Waals surface area contributed by atoms with Gasteiger partial charge in [0.2, 0.25) is 0 Å². The Kier molecular flexibility index (Phi) is 6.44. The first-order valence-corrected chi connectivity index (χ1v) is 8.40. The molecule has 1 saturated heterocycles. The third-order valence-corrected chi connectivity index (χ3v) is 4.84. The van der Waals surface area contributed by atoms with Crippen LogP contribution in [0.3, 0.4) is 0 Å². The van der Waals surface area contributed by atoms with Gasteiger partial charge in [-0.15, -0.1) is 17.0 Å². The highest BCUT2D eigenvalue weighted by molar-refractivity contribution is 8.93. The van der Waals surface area contributed by atoms with Crippen molar-refractivity contribution in [3.8, 4) is 0 Å². The third-order valence-electron chi connectivity index (χ3n) is 3.79. The number of amidine groups is 1. The van der Waals surface area contributed by atoms with E-state index in [0.29, 0.717) is 24.0 Å². The molecule has 2 aliphatic rings. The molecule has 3 rings (SSSR count). The number of morpholine rings is 1. The van der Waals surface area contributed by atoms with Gasteiger partial charge in [0.15, 0.2) is 5.17 Å². The maximum atomic E-state index is 12.1. The van der Waals surface area contributed by atoms with Gasteiger partial charge in [0.05, 0.1) is 18.1 Å². The minimum atomic E-state index is -0.139. The maximum absolute atomic E-state index is 12.1. The van der Waals surface area contributed by atoms with Crippen molar-refractivity contribution in [3.63, 3.8) is 0 Å². The Morgan fingerprint density at radius 3 is 2.48 bits per heavy atom. The van der Waals surface area contributed by atoms with Crippen LogP contribution in [0.1, 0.15) is 30.9 Å². The monoisotopic (exact) mass is 396 g/mol. The lowest BCUT2D eigenvalue weighted by Crippen LogP contribution is -2.38. The molecule has 0 unspecified atom stereocenters. The quantitative estimate of drug-likeness (QED) is 0.714. The molecule has 0 aliphatic carbocycles. The number of carbonyl (C=O) groups is 1. The zero-order chi connectivity index (χ0) is 15.5. The number of carbonyl (C=O) groups excluding carboxylic acids is 1. The lowest BCUT2D eigenvalue weighted by atomic mass is 10.0. The van der Waals surface area contributed by atoms with Gasteiger partial charge >= 0.3 is 0 Å². The Labute approximate surface area is 151 Å². The Balaban J connectivity index is 0.00000192. The zero-order valence-corrected chi connectivity index (χ0v) is 15.8. The minimum absolute atomic E-state index is 0. The van der Waals surface area contributed by atoms with Crippen LogP contribution < -0.4 is 0 Å². The van der Waals surface area contributed by atoms with Crippen LogP contribution in [0, 0.1) is 0 Å². The Morgan fingerprint density at radius 2 is 1.87 bits per heavy atom. The Bertz CT molecular complexity index is 620. The summed E-state index contributed by atoms with van der Waals surface area (Å²) in [6.45, 7) is 7.34. The van der Waals surface area contributed by atoms with Gasteiger partial charge in [-0.25, -0.2) is 0 Å². The molecule has 1 aromatic rings. The standard InChI is InChI=1S/C17H20N2O2S.BrH/c1-12(2)14-5-3-13(4-6-14)11-15-16(20)18-17(22-15)19-7-9-21-10-8-19;/h3-6,11-12H,7-10H2,1-2H3;1H. The number of halogens is 1. The van der Waals surface area contributed by atoms with Crippen LogP contribution >= 0.6 is 28.7 Å². The summed E-state index contributed by atoms with van der Waals surface area (Å²) in [5.74, 6) is 0.375. The highest BCUT2D eigenvalue weighted by atomic mass is 79.9. The number of benzene rings is 1. The van der Waals surface area contributed by atoms with E-state index in [0.717, 1.165) is 23.8 Å². The maximum Gasteiger partial charge on any atom is 0.286 e. The number of rotatable bonds is 2. The largest absolute Gasteiger partial charge is 0.378 e. The number of aliphatic imine (C=N–C) groups is 1. The lowest BCUT2D eigenvalue weighted by molar-refractivity contribution is -0.113. The number of hydrogen-bond acceptors (Lipinski definition) is 4. The number of thioether (sulfide) groups is 1. The summed E-state index contributed by atoms with van der Waals surface area (Å²) in [6.07, 6.45) is 1.92. The van der Waals surface area contributed by atoms with Gasteiger partial charge in [0.25, 0.3) is 5.91 Å².